The van der Waals surface area contributed by atoms with Gasteiger partial charge in [0.2, 0.25) is 0 Å². The summed E-state index contributed by atoms with van der Waals surface area (Å²) in [5, 5.41) is 6.80. The number of aromatic amines is 1. The van der Waals surface area contributed by atoms with Gasteiger partial charge < -0.3 is 5.73 Å². The first kappa shape index (κ1) is 16.6. The van der Waals surface area contributed by atoms with Crippen molar-refractivity contribution in [3.8, 4) is 0 Å². The number of sulfonamides is 1. The maximum Gasteiger partial charge on any atom is 0.265 e. The molecule has 0 saturated heterocycles. The van der Waals surface area contributed by atoms with Crippen LogP contribution in [-0.4, -0.2) is 18.6 Å². The Morgan fingerprint density at radius 1 is 1.38 bits per heavy atom. The standard InChI is InChI=1S/C11H11BrCl2N4O2S/c1-5-11(9(4-15)17-16-5)21(19,20)18-10-7(13)2-6(12)3-8(10)14/h2-3,18H,4,15H2,1H3,(H,16,17). The van der Waals surface area contributed by atoms with E-state index in [2.05, 4.69) is 30.8 Å². The average Bonchev–Trinajstić information content (AvgIpc) is 2.76. The van der Waals surface area contributed by atoms with Gasteiger partial charge >= 0.3 is 0 Å². The van der Waals surface area contributed by atoms with E-state index in [-0.39, 0.29) is 32.9 Å². The van der Waals surface area contributed by atoms with Gasteiger partial charge in [0.25, 0.3) is 10.0 Å². The summed E-state index contributed by atoms with van der Waals surface area (Å²) >= 11 is 15.3. The molecular formula is C11H11BrCl2N4O2S. The molecule has 0 spiro atoms. The van der Waals surface area contributed by atoms with Gasteiger partial charge in [0.1, 0.15) is 4.90 Å². The summed E-state index contributed by atoms with van der Waals surface area (Å²) < 4.78 is 28.0. The lowest BCUT2D eigenvalue weighted by molar-refractivity contribution is 0.599. The van der Waals surface area contributed by atoms with Crippen molar-refractivity contribution in [1.29, 1.82) is 0 Å². The van der Waals surface area contributed by atoms with Crippen LogP contribution in [0.5, 0.6) is 0 Å². The molecule has 0 aliphatic rings. The number of nitrogens with zero attached hydrogens (tertiary/aromatic N) is 1. The van der Waals surface area contributed by atoms with Gasteiger partial charge in [0.05, 0.1) is 27.1 Å². The Balaban J connectivity index is 2.50. The van der Waals surface area contributed by atoms with Crippen LogP contribution in [-0.2, 0) is 16.6 Å². The first-order chi connectivity index (χ1) is 9.76. The molecule has 10 heteroatoms. The number of nitrogens with one attached hydrogen (secondary N) is 2. The van der Waals surface area contributed by atoms with Crippen LogP contribution in [0.2, 0.25) is 10.0 Å². The van der Waals surface area contributed by atoms with Crippen molar-refractivity contribution in [3.63, 3.8) is 0 Å². The average molecular weight is 414 g/mol. The zero-order valence-corrected chi connectivity index (χ0v) is 14.7. The molecule has 2 rings (SSSR count). The van der Waals surface area contributed by atoms with E-state index in [1.807, 2.05) is 0 Å². The number of H-pyrrole nitrogens is 1. The maximum absolute atomic E-state index is 12.5. The van der Waals surface area contributed by atoms with Gasteiger partial charge in [-0.3, -0.25) is 9.82 Å². The molecule has 0 aliphatic heterocycles. The molecule has 0 fully saturated rings. The molecule has 0 unspecified atom stereocenters. The first-order valence-electron chi connectivity index (χ1n) is 5.67. The van der Waals surface area contributed by atoms with Gasteiger partial charge in [-0.2, -0.15) is 5.10 Å². The van der Waals surface area contributed by atoms with Gasteiger partial charge in [0, 0.05) is 11.0 Å². The second-order valence-corrected chi connectivity index (χ2v) is 7.53. The van der Waals surface area contributed by atoms with Crippen molar-refractivity contribution in [3.05, 3.63) is 38.0 Å². The topological polar surface area (TPSA) is 101 Å². The van der Waals surface area contributed by atoms with E-state index < -0.39 is 10.0 Å². The molecule has 0 saturated carbocycles. The molecule has 4 N–H and O–H groups in total. The van der Waals surface area contributed by atoms with Crippen LogP contribution in [0.15, 0.2) is 21.5 Å². The summed E-state index contributed by atoms with van der Waals surface area (Å²) in [6, 6.07) is 3.08. The number of hydrogen-bond donors (Lipinski definition) is 3. The summed E-state index contributed by atoms with van der Waals surface area (Å²) in [5.41, 5.74) is 6.22. The van der Waals surface area contributed by atoms with Gasteiger partial charge in [0.15, 0.2) is 0 Å². The van der Waals surface area contributed by atoms with Gasteiger partial charge in [-0.15, -0.1) is 0 Å². The Morgan fingerprint density at radius 2 is 1.95 bits per heavy atom. The summed E-state index contributed by atoms with van der Waals surface area (Å²) in [4.78, 5) is 0.0000482. The van der Waals surface area contributed by atoms with Crippen molar-refractivity contribution >= 4 is 54.8 Å². The third-order valence-electron chi connectivity index (χ3n) is 2.67. The summed E-state index contributed by atoms with van der Waals surface area (Å²) in [6.07, 6.45) is 0. The highest BCUT2D eigenvalue weighted by Gasteiger charge is 2.25. The molecule has 1 aromatic heterocycles. The molecule has 1 aromatic carbocycles. The SMILES string of the molecule is Cc1[nH]nc(CN)c1S(=O)(=O)Nc1c(Cl)cc(Br)cc1Cl. The minimum Gasteiger partial charge on any atom is -0.325 e. The minimum atomic E-state index is -3.91. The lowest BCUT2D eigenvalue weighted by Crippen LogP contribution is -2.17. The third-order valence-corrected chi connectivity index (χ3v) is 5.27. The van der Waals surface area contributed by atoms with Crippen molar-refractivity contribution in [1.82, 2.24) is 10.2 Å². The lowest BCUT2D eigenvalue weighted by Gasteiger charge is -2.12. The monoisotopic (exact) mass is 412 g/mol. The molecule has 0 bridgehead atoms. The number of aromatic nitrogens is 2. The van der Waals surface area contributed by atoms with Crippen LogP contribution in [0.1, 0.15) is 11.4 Å². The van der Waals surface area contributed by atoms with Crippen molar-refractivity contribution in [2.45, 2.75) is 18.4 Å². The van der Waals surface area contributed by atoms with Crippen LogP contribution in [0, 0.1) is 6.92 Å². The fourth-order valence-corrected chi connectivity index (χ4v) is 4.68. The van der Waals surface area contributed by atoms with Crippen molar-refractivity contribution in [2.75, 3.05) is 4.72 Å². The van der Waals surface area contributed by atoms with Crippen LogP contribution in [0.25, 0.3) is 0 Å². The number of rotatable bonds is 4. The molecule has 0 amide bonds. The fourth-order valence-electron chi connectivity index (χ4n) is 1.79. The number of hydrogen-bond acceptors (Lipinski definition) is 4. The normalized spacial score (nSPS) is 11.7. The third kappa shape index (κ3) is 3.35. The largest absolute Gasteiger partial charge is 0.325 e. The van der Waals surface area contributed by atoms with E-state index in [1.54, 1.807) is 6.92 Å². The fraction of sp³-hybridized carbons (Fsp3) is 0.182. The molecule has 114 valence electrons. The number of halogens is 3. The summed E-state index contributed by atoms with van der Waals surface area (Å²) in [5.74, 6) is 0. The molecule has 0 atom stereocenters. The second kappa shape index (κ2) is 6.13. The van der Waals surface area contributed by atoms with E-state index in [4.69, 9.17) is 28.9 Å². The summed E-state index contributed by atoms with van der Waals surface area (Å²) in [7, 11) is -3.91. The van der Waals surface area contributed by atoms with E-state index in [0.717, 1.165) is 0 Å². The van der Waals surface area contributed by atoms with E-state index in [1.165, 1.54) is 12.1 Å². The molecule has 21 heavy (non-hydrogen) atoms. The van der Waals surface area contributed by atoms with Gasteiger partial charge in [-0.25, -0.2) is 8.42 Å². The number of aryl methyl sites for hydroxylation is 1. The highest BCUT2D eigenvalue weighted by molar-refractivity contribution is 9.10. The smallest absolute Gasteiger partial charge is 0.265 e. The zero-order valence-electron chi connectivity index (χ0n) is 10.7. The number of anilines is 1. The van der Waals surface area contributed by atoms with Gasteiger partial charge in [-0.1, -0.05) is 39.1 Å². The van der Waals surface area contributed by atoms with Crippen molar-refractivity contribution in [2.24, 2.45) is 5.73 Å². The first-order valence-corrected chi connectivity index (χ1v) is 8.70. The Hall–Kier alpha value is -0.800. The predicted octanol–water partition coefficient (Wildman–Crippen LogP) is 3.05. The Kier molecular flexibility index (Phi) is 4.84. The maximum atomic E-state index is 12.5. The lowest BCUT2D eigenvalue weighted by atomic mass is 10.3. The molecular weight excluding hydrogens is 403 g/mol. The molecule has 6 nitrogen and oxygen atoms in total. The predicted molar refractivity (Wildman–Crippen MR) is 86.2 cm³/mol. The number of benzene rings is 1. The van der Waals surface area contributed by atoms with Gasteiger partial charge in [-0.05, 0) is 19.1 Å². The minimum absolute atomic E-state index is 0.0000482. The molecule has 2 aromatic rings. The van der Waals surface area contributed by atoms with Crippen LogP contribution >= 0.6 is 39.1 Å². The zero-order chi connectivity index (χ0) is 15.8. The van der Waals surface area contributed by atoms with Crippen molar-refractivity contribution < 1.29 is 8.42 Å². The Bertz CT molecular complexity index is 769. The van der Waals surface area contributed by atoms with Crippen LogP contribution < -0.4 is 10.5 Å². The van der Waals surface area contributed by atoms with E-state index in [9.17, 15) is 8.42 Å². The second-order valence-electron chi connectivity index (χ2n) is 4.18. The molecule has 0 radical (unpaired) electrons. The Morgan fingerprint density at radius 3 is 2.48 bits per heavy atom. The van der Waals surface area contributed by atoms with Crippen LogP contribution in [0.4, 0.5) is 5.69 Å². The van der Waals surface area contributed by atoms with E-state index in [0.29, 0.717) is 10.2 Å². The Labute approximate surface area is 140 Å². The van der Waals surface area contributed by atoms with Crippen LogP contribution in [0.3, 0.4) is 0 Å². The highest BCUT2D eigenvalue weighted by Crippen LogP contribution is 2.35. The molecule has 1 heterocycles. The highest BCUT2D eigenvalue weighted by atomic mass is 79.9. The van der Waals surface area contributed by atoms with E-state index >= 15 is 0 Å². The molecule has 0 aliphatic carbocycles. The quantitative estimate of drug-likeness (QED) is 0.716. The summed E-state index contributed by atoms with van der Waals surface area (Å²) in [6.45, 7) is 1.58. The number of nitrogens with two attached hydrogens (primary N) is 1.